The molecule has 1 N–H and O–H groups in total. The minimum Gasteiger partial charge on any atom is -0.489 e. The van der Waals surface area contributed by atoms with Crippen LogP contribution in [0.4, 0.5) is 0 Å². The summed E-state index contributed by atoms with van der Waals surface area (Å²) in [7, 11) is 5.96. The largest absolute Gasteiger partial charge is 0.489 e. The average Bonchev–Trinajstić information content (AvgIpc) is 2.83. The molecule has 1 heterocycles. The zero-order chi connectivity index (χ0) is 24.7. The fourth-order valence-corrected chi connectivity index (χ4v) is 4.87. The van der Waals surface area contributed by atoms with E-state index in [2.05, 4.69) is 37.3 Å². The van der Waals surface area contributed by atoms with E-state index in [9.17, 15) is 4.79 Å². The van der Waals surface area contributed by atoms with Gasteiger partial charge in [0, 0.05) is 29.7 Å². The van der Waals surface area contributed by atoms with Crippen LogP contribution in [0.1, 0.15) is 43.2 Å². The highest BCUT2D eigenvalue weighted by Gasteiger charge is 2.29. The Morgan fingerprint density at radius 1 is 1.12 bits per heavy atom. The molecule has 0 unspecified atom stereocenters. The Kier molecular flexibility index (Phi) is 10.1. The molecule has 7 heteroatoms. The summed E-state index contributed by atoms with van der Waals surface area (Å²) < 4.78 is 6.42. The van der Waals surface area contributed by atoms with E-state index in [0.29, 0.717) is 22.4 Å². The fraction of sp³-hybridized carbons (Fsp3) is 0.519. The van der Waals surface area contributed by atoms with Gasteiger partial charge >= 0.3 is 0 Å². The maximum Gasteiger partial charge on any atom is 0.240 e. The Bertz CT molecular complexity index is 928. The number of halogens is 2. The third-order valence-electron chi connectivity index (χ3n) is 6.54. The molecule has 1 fully saturated rings. The van der Waals surface area contributed by atoms with Crippen molar-refractivity contribution >= 4 is 29.1 Å². The van der Waals surface area contributed by atoms with Gasteiger partial charge in [-0.3, -0.25) is 4.79 Å². The summed E-state index contributed by atoms with van der Waals surface area (Å²) in [6, 6.07) is 13.4. The predicted octanol–water partition coefficient (Wildman–Crippen LogP) is 5.25. The third kappa shape index (κ3) is 7.35. The van der Waals surface area contributed by atoms with E-state index >= 15 is 0 Å². The van der Waals surface area contributed by atoms with Crippen LogP contribution in [0.3, 0.4) is 0 Å². The van der Waals surface area contributed by atoms with Gasteiger partial charge in [-0.05, 0) is 88.1 Å². The standard InChI is InChI=1S/C27H37Cl2N3O2/c1-5-23(18-31(3)4)34-26-17-22(29)10-11-24(26)20-12-14-32(15-13-20)27(33)25(30-2)16-19-6-8-21(28)9-7-19/h6-11,17,20,23,25,30H,5,12-16,18H2,1-4H3/t23-,25-/m1/s1. The van der Waals surface area contributed by atoms with Crippen LogP contribution in [0.15, 0.2) is 42.5 Å². The van der Waals surface area contributed by atoms with Crippen LogP contribution in [-0.4, -0.2) is 68.6 Å². The van der Waals surface area contributed by atoms with Crippen molar-refractivity contribution in [3.05, 3.63) is 63.6 Å². The summed E-state index contributed by atoms with van der Waals surface area (Å²) >= 11 is 12.3. The lowest BCUT2D eigenvalue weighted by Gasteiger charge is -2.35. The number of benzene rings is 2. The second-order valence-electron chi connectivity index (χ2n) is 9.36. The molecule has 2 aromatic rings. The Morgan fingerprint density at radius 2 is 1.76 bits per heavy atom. The highest BCUT2D eigenvalue weighted by Crippen LogP contribution is 2.37. The highest BCUT2D eigenvalue weighted by molar-refractivity contribution is 6.30. The lowest BCUT2D eigenvalue weighted by Crippen LogP contribution is -2.49. The summed E-state index contributed by atoms with van der Waals surface area (Å²) in [5.74, 6) is 1.37. The molecule has 34 heavy (non-hydrogen) atoms. The van der Waals surface area contributed by atoms with Crippen molar-refractivity contribution < 1.29 is 9.53 Å². The van der Waals surface area contributed by atoms with Gasteiger partial charge in [0.05, 0.1) is 6.04 Å². The van der Waals surface area contributed by atoms with Crippen LogP contribution in [0.25, 0.3) is 0 Å². The molecule has 1 amide bonds. The topological polar surface area (TPSA) is 44.8 Å². The Morgan fingerprint density at radius 3 is 2.35 bits per heavy atom. The molecule has 0 bridgehead atoms. The summed E-state index contributed by atoms with van der Waals surface area (Å²) in [6.45, 7) is 4.47. The molecule has 0 aliphatic carbocycles. The lowest BCUT2D eigenvalue weighted by atomic mass is 9.88. The van der Waals surface area contributed by atoms with E-state index in [0.717, 1.165) is 50.2 Å². The lowest BCUT2D eigenvalue weighted by molar-refractivity contribution is -0.134. The van der Waals surface area contributed by atoms with Crippen LogP contribution >= 0.6 is 23.2 Å². The number of piperidine rings is 1. The number of rotatable bonds is 10. The maximum absolute atomic E-state index is 13.2. The monoisotopic (exact) mass is 505 g/mol. The number of hydrogen-bond donors (Lipinski definition) is 1. The summed E-state index contributed by atoms with van der Waals surface area (Å²) in [5.41, 5.74) is 2.29. The molecule has 2 atom stereocenters. The zero-order valence-electron chi connectivity index (χ0n) is 20.7. The molecule has 0 aromatic heterocycles. The maximum atomic E-state index is 13.2. The molecule has 2 aromatic carbocycles. The predicted molar refractivity (Wildman–Crippen MR) is 141 cm³/mol. The minimum absolute atomic E-state index is 0.109. The normalized spacial score (nSPS) is 16.5. The van der Waals surface area contributed by atoms with Crippen LogP contribution in [0.5, 0.6) is 5.75 Å². The zero-order valence-corrected chi connectivity index (χ0v) is 22.2. The van der Waals surface area contributed by atoms with Gasteiger partial charge in [0.25, 0.3) is 0 Å². The summed E-state index contributed by atoms with van der Waals surface area (Å²) in [5, 5.41) is 4.59. The molecular weight excluding hydrogens is 469 g/mol. The van der Waals surface area contributed by atoms with Crippen molar-refractivity contribution in [1.82, 2.24) is 15.1 Å². The van der Waals surface area contributed by atoms with Crippen LogP contribution in [-0.2, 0) is 11.2 Å². The van der Waals surface area contributed by atoms with Crippen LogP contribution in [0.2, 0.25) is 10.0 Å². The molecule has 0 spiro atoms. The number of nitrogens with zero attached hydrogens (tertiary/aromatic N) is 2. The SMILES string of the molecule is CC[C@H](CN(C)C)Oc1cc(Cl)ccc1C1CCN(C(=O)[C@@H](Cc2ccc(Cl)cc2)NC)CC1. The van der Waals surface area contributed by atoms with Crippen molar-refractivity contribution in [3.8, 4) is 5.75 Å². The molecule has 5 nitrogen and oxygen atoms in total. The summed E-state index contributed by atoms with van der Waals surface area (Å²) in [4.78, 5) is 17.4. The summed E-state index contributed by atoms with van der Waals surface area (Å²) in [6.07, 6.45) is 3.50. The highest BCUT2D eigenvalue weighted by atomic mass is 35.5. The molecular formula is C27H37Cl2N3O2. The van der Waals surface area contributed by atoms with Crippen LogP contribution in [0, 0.1) is 0 Å². The van der Waals surface area contributed by atoms with Crippen molar-refractivity contribution in [1.29, 1.82) is 0 Å². The second-order valence-corrected chi connectivity index (χ2v) is 10.2. The third-order valence-corrected chi connectivity index (χ3v) is 7.03. The number of carbonyl (C=O) groups excluding carboxylic acids is 1. The number of carbonyl (C=O) groups is 1. The number of hydrogen-bond acceptors (Lipinski definition) is 4. The van der Waals surface area contributed by atoms with Gasteiger partial charge in [0.2, 0.25) is 5.91 Å². The van der Waals surface area contributed by atoms with Crippen molar-refractivity contribution in [2.75, 3.05) is 40.8 Å². The van der Waals surface area contributed by atoms with E-state index in [1.807, 2.05) is 48.3 Å². The van der Waals surface area contributed by atoms with E-state index in [1.165, 1.54) is 5.56 Å². The van der Waals surface area contributed by atoms with Gasteiger partial charge in [-0.25, -0.2) is 0 Å². The molecule has 186 valence electrons. The van der Waals surface area contributed by atoms with E-state index in [1.54, 1.807) is 0 Å². The van der Waals surface area contributed by atoms with E-state index in [4.69, 9.17) is 27.9 Å². The van der Waals surface area contributed by atoms with Gasteiger partial charge in [0.15, 0.2) is 0 Å². The minimum atomic E-state index is -0.247. The second kappa shape index (κ2) is 12.8. The first-order valence-corrected chi connectivity index (χ1v) is 12.9. The molecule has 3 rings (SSSR count). The smallest absolute Gasteiger partial charge is 0.240 e. The number of likely N-dealkylation sites (tertiary alicyclic amines) is 1. The quantitative estimate of drug-likeness (QED) is 0.478. The molecule has 0 radical (unpaired) electrons. The number of likely N-dealkylation sites (N-methyl/N-ethyl adjacent to an activating group) is 2. The van der Waals surface area contributed by atoms with Gasteiger partial charge in [-0.2, -0.15) is 0 Å². The Hall–Kier alpha value is -1.79. The first-order valence-electron chi connectivity index (χ1n) is 12.1. The molecule has 1 aliphatic heterocycles. The van der Waals surface area contributed by atoms with Gasteiger partial charge < -0.3 is 19.9 Å². The average molecular weight is 507 g/mol. The van der Waals surface area contributed by atoms with E-state index < -0.39 is 0 Å². The fourth-order valence-electron chi connectivity index (χ4n) is 4.58. The Balaban J connectivity index is 1.64. The van der Waals surface area contributed by atoms with Gasteiger partial charge in [0.1, 0.15) is 11.9 Å². The van der Waals surface area contributed by atoms with E-state index in [-0.39, 0.29) is 18.1 Å². The first-order chi connectivity index (χ1) is 16.3. The molecule has 1 saturated heterocycles. The number of ether oxygens (including phenoxy) is 1. The van der Waals surface area contributed by atoms with Crippen molar-refractivity contribution in [3.63, 3.8) is 0 Å². The molecule has 1 aliphatic rings. The number of nitrogens with one attached hydrogen (secondary N) is 1. The Labute approximate surface area is 214 Å². The number of amides is 1. The van der Waals surface area contributed by atoms with Gasteiger partial charge in [-0.1, -0.05) is 48.3 Å². The molecule has 0 saturated carbocycles. The first kappa shape index (κ1) is 26.8. The van der Waals surface area contributed by atoms with Gasteiger partial charge in [-0.15, -0.1) is 0 Å². The van der Waals surface area contributed by atoms with Crippen molar-refractivity contribution in [2.24, 2.45) is 0 Å². The van der Waals surface area contributed by atoms with Crippen molar-refractivity contribution in [2.45, 2.75) is 50.7 Å². The van der Waals surface area contributed by atoms with Crippen LogP contribution < -0.4 is 10.1 Å².